The minimum absolute atomic E-state index is 0.0231. The van der Waals surface area contributed by atoms with Crippen molar-refractivity contribution in [3.63, 3.8) is 0 Å². The monoisotopic (exact) mass is 742 g/mol. The summed E-state index contributed by atoms with van der Waals surface area (Å²) in [6.45, 7) is 4.47. The predicted octanol–water partition coefficient (Wildman–Crippen LogP) is 4.23. The van der Waals surface area contributed by atoms with Gasteiger partial charge >= 0.3 is 17.9 Å². The van der Waals surface area contributed by atoms with E-state index in [2.05, 4.69) is 16.0 Å². The van der Waals surface area contributed by atoms with Crippen molar-refractivity contribution in [3.05, 3.63) is 106 Å². The molecule has 3 aliphatic heterocycles. The van der Waals surface area contributed by atoms with Crippen LogP contribution in [0.5, 0.6) is 0 Å². The lowest BCUT2D eigenvalue weighted by Crippen LogP contribution is -2.31. The topological polar surface area (TPSA) is 168 Å². The highest BCUT2D eigenvalue weighted by atomic mass is 19.1. The molecule has 3 aliphatic rings. The van der Waals surface area contributed by atoms with Crippen molar-refractivity contribution in [2.75, 3.05) is 39.3 Å². The average molecular weight is 743 g/mol. The van der Waals surface area contributed by atoms with Gasteiger partial charge in [-0.05, 0) is 142 Å². The second kappa shape index (κ2) is 18.1. The molecule has 3 fully saturated rings. The van der Waals surface area contributed by atoms with Crippen LogP contribution in [0.4, 0.5) is 4.39 Å². The van der Waals surface area contributed by atoms with Crippen LogP contribution in [-0.2, 0) is 46.7 Å². The summed E-state index contributed by atoms with van der Waals surface area (Å²) in [5.41, 5.74) is 3.78. The predicted molar refractivity (Wildman–Crippen MR) is 200 cm³/mol. The van der Waals surface area contributed by atoms with Gasteiger partial charge in [-0.25, -0.2) is 4.39 Å². The lowest BCUT2D eigenvalue weighted by atomic mass is 9.85. The molecule has 0 aliphatic carbocycles. The molecule has 0 saturated carbocycles. The molecule has 0 spiro atoms. The van der Waals surface area contributed by atoms with Crippen molar-refractivity contribution in [2.24, 2.45) is 35.5 Å². The van der Waals surface area contributed by atoms with Crippen LogP contribution in [0.15, 0.2) is 66.7 Å². The lowest BCUT2D eigenvalue weighted by molar-refractivity contribution is -0.144. The Bertz CT molecular complexity index is 1720. The van der Waals surface area contributed by atoms with E-state index in [4.69, 9.17) is 0 Å². The van der Waals surface area contributed by atoms with Crippen LogP contribution < -0.4 is 16.0 Å². The van der Waals surface area contributed by atoms with Crippen LogP contribution in [0.2, 0.25) is 0 Å². The highest BCUT2D eigenvalue weighted by Gasteiger charge is 2.33. The molecule has 11 nitrogen and oxygen atoms in total. The van der Waals surface area contributed by atoms with Gasteiger partial charge in [0.15, 0.2) is 0 Å². The highest BCUT2D eigenvalue weighted by molar-refractivity contribution is 5.94. The first-order valence-corrected chi connectivity index (χ1v) is 19.1. The quantitative estimate of drug-likeness (QED) is 0.118. The van der Waals surface area contributed by atoms with Crippen molar-refractivity contribution in [3.8, 4) is 0 Å². The third kappa shape index (κ3) is 10.1. The summed E-state index contributed by atoms with van der Waals surface area (Å²) in [6.07, 6.45) is 3.08. The number of carboxylic acids is 3. The van der Waals surface area contributed by atoms with Crippen molar-refractivity contribution in [1.82, 2.24) is 20.9 Å². The average Bonchev–Trinajstić information content (AvgIpc) is 3.96. The zero-order valence-corrected chi connectivity index (χ0v) is 30.5. The fraction of sp³-hybridized carbons (Fsp3) is 0.476. The van der Waals surface area contributed by atoms with E-state index in [1.54, 1.807) is 11.0 Å². The Kier molecular flexibility index (Phi) is 13.1. The third-order valence-corrected chi connectivity index (χ3v) is 11.5. The van der Waals surface area contributed by atoms with Crippen molar-refractivity contribution >= 4 is 23.8 Å². The molecular weight excluding hydrogens is 691 g/mol. The van der Waals surface area contributed by atoms with Crippen LogP contribution in [0.25, 0.3) is 0 Å². The summed E-state index contributed by atoms with van der Waals surface area (Å²) in [6, 6.07) is 19.2. The summed E-state index contributed by atoms with van der Waals surface area (Å²) < 4.78 is 15.2. The lowest BCUT2D eigenvalue weighted by Gasteiger charge is -2.25. The number of aliphatic carboxylic acids is 3. The Labute approximate surface area is 315 Å². The molecule has 0 aromatic heterocycles. The molecule has 54 heavy (non-hydrogen) atoms. The van der Waals surface area contributed by atoms with Gasteiger partial charge in [-0.15, -0.1) is 0 Å². The van der Waals surface area contributed by atoms with Gasteiger partial charge in [-0.3, -0.25) is 19.2 Å². The van der Waals surface area contributed by atoms with Gasteiger partial charge in [0.05, 0.1) is 17.8 Å². The molecule has 6 N–H and O–H groups in total. The normalized spacial score (nSPS) is 21.4. The molecule has 0 radical (unpaired) electrons. The molecule has 3 aromatic rings. The minimum atomic E-state index is -0.953. The zero-order chi connectivity index (χ0) is 38.2. The maximum Gasteiger partial charge on any atom is 0.307 e. The van der Waals surface area contributed by atoms with Gasteiger partial charge in [0.2, 0.25) is 0 Å². The number of amides is 1. The van der Waals surface area contributed by atoms with Crippen LogP contribution in [0, 0.1) is 41.3 Å². The van der Waals surface area contributed by atoms with Crippen LogP contribution in [0.1, 0.15) is 57.4 Å². The van der Waals surface area contributed by atoms with E-state index in [9.17, 15) is 34.5 Å². The number of rotatable bonds is 17. The van der Waals surface area contributed by atoms with Crippen LogP contribution >= 0.6 is 0 Å². The van der Waals surface area contributed by atoms with Gasteiger partial charge in [0.1, 0.15) is 5.82 Å². The number of nitrogens with one attached hydrogen (secondary N) is 3. The zero-order valence-electron chi connectivity index (χ0n) is 30.5. The molecule has 0 unspecified atom stereocenters. The Morgan fingerprint density at radius 1 is 0.593 bits per heavy atom. The maximum atomic E-state index is 15.2. The largest absolute Gasteiger partial charge is 0.481 e. The number of benzene rings is 3. The van der Waals surface area contributed by atoms with E-state index in [0.29, 0.717) is 44.5 Å². The molecule has 0 bridgehead atoms. The first kappa shape index (κ1) is 39.1. The Hall–Kier alpha value is -4.65. The summed E-state index contributed by atoms with van der Waals surface area (Å²) >= 11 is 0. The second-order valence-electron chi connectivity index (χ2n) is 15.4. The molecule has 288 valence electrons. The van der Waals surface area contributed by atoms with E-state index in [-0.39, 0.29) is 42.8 Å². The summed E-state index contributed by atoms with van der Waals surface area (Å²) in [4.78, 5) is 52.8. The van der Waals surface area contributed by atoms with Gasteiger partial charge in [0.25, 0.3) is 5.91 Å². The molecule has 3 heterocycles. The molecule has 3 aromatic carbocycles. The smallest absolute Gasteiger partial charge is 0.307 e. The van der Waals surface area contributed by atoms with Crippen LogP contribution in [-0.4, -0.2) is 83.3 Å². The summed E-state index contributed by atoms with van der Waals surface area (Å²) in [7, 11) is 0. The number of halogens is 1. The molecule has 6 atom stereocenters. The number of hydrogen-bond acceptors (Lipinski definition) is 7. The van der Waals surface area contributed by atoms with E-state index in [1.165, 1.54) is 12.1 Å². The van der Waals surface area contributed by atoms with E-state index in [1.807, 2.05) is 48.5 Å². The van der Waals surface area contributed by atoms with Gasteiger partial charge in [-0.2, -0.15) is 0 Å². The van der Waals surface area contributed by atoms with Gasteiger partial charge < -0.3 is 36.2 Å². The second-order valence-corrected chi connectivity index (χ2v) is 15.4. The molecular formula is C42H51FN4O7. The molecule has 1 amide bonds. The highest BCUT2D eigenvalue weighted by Crippen LogP contribution is 2.28. The van der Waals surface area contributed by atoms with E-state index in [0.717, 1.165) is 54.7 Å². The van der Waals surface area contributed by atoms with Crippen molar-refractivity contribution < 1.29 is 38.9 Å². The molecule has 3 saturated heterocycles. The van der Waals surface area contributed by atoms with E-state index < -0.39 is 47.4 Å². The Morgan fingerprint density at radius 2 is 1.00 bits per heavy atom. The number of hydrogen-bond donors (Lipinski definition) is 6. The molecule has 12 heteroatoms. The number of carbonyl (C=O) groups excluding carboxylic acids is 1. The minimum Gasteiger partial charge on any atom is -0.481 e. The third-order valence-electron chi connectivity index (χ3n) is 11.5. The SMILES string of the molecule is O=C(O)[C@@H](Cc1cccc(CN(Cc2cccc(C[C@H](C(=O)O)[C@H]3CCNC3)c2)C(=O)c2cc(F)cc(C[C@H](C(=O)O)[C@H]3CCNC3)c2)c1)[C@H]1CCNC1. The Morgan fingerprint density at radius 3 is 1.39 bits per heavy atom. The number of nitrogens with zero attached hydrogens (tertiary/aromatic N) is 1. The van der Waals surface area contributed by atoms with E-state index >= 15 is 4.39 Å². The fourth-order valence-electron chi connectivity index (χ4n) is 8.61. The maximum absolute atomic E-state index is 15.2. The van der Waals surface area contributed by atoms with Gasteiger partial charge in [0, 0.05) is 18.7 Å². The van der Waals surface area contributed by atoms with Crippen molar-refractivity contribution in [1.29, 1.82) is 0 Å². The fourth-order valence-corrected chi connectivity index (χ4v) is 8.61. The summed E-state index contributed by atoms with van der Waals surface area (Å²) in [5, 5.41) is 39.8. The van der Waals surface area contributed by atoms with Crippen molar-refractivity contribution in [2.45, 2.75) is 51.6 Å². The number of carboxylic acid groups (broad SMARTS) is 3. The molecule has 6 rings (SSSR count). The van der Waals surface area contributed by atoms with Gasteiger partial charge in [-0.1, -0.05) is 48.5 Å². The standard InChI is InChI=1S/C42H51FN4O7/c43-35-16-30(19-38(42(53)54)33-9-12-46-23-33)15-34(20-35)39(48)47(24-28-5-1-3-26(13-28)17-36(40(49)50)31-7-10-44-21-31)25-29-6-2-4-27(14-29)18-37(41(51)52)32-8-11-45-22-32/h1-6,13-16,20,31-33,36-38,44-46H,7-12,17-19,21-25H2,(H,49,50)(H,51,52)(H,53,54)/t31-,32-,33-,36-,37-,38-/m0/s1. The van der Waals surface area contributed by atoms with Crippen LogP contribution in [0.3, 0.4) is 0 Å². The number of carbonyl (C=O) groups is 4. The first-order valence-electron chi connectivity index (χ1n) is 19.1. The first-order chi connectivity index (χ1) is 26.0. The Balaban J connectivity index is 1.28. The summed E-state index contributed by atoms with van der Waals surface area (Å²) in [5.74, 6) is -5.58.